The number of aromatic amines is 1. The number of hydrogen-bond acceptors (Lipinski definition) is 5. The van der Waals surface area contributed by atoms with E-state index in [4.69, 9.17) is 9.84 Å². The van der Waals surface area contributed by atoms with E-state index in [0.717, 1.165) is 17.0 Å². The average Bonchev–Trinajstić information content (AvgIpc) is 3.02. The number of nitrogens with one attached hydrogen (secondary N) is 2. The van der Waals surface area contributed by atoms with E-state index in [1.54, 1.807) is 24.3 Å². The molecule has 1 atom stereocenters. The molecule has 8 heteroatoms. The number of aliphatic carboxylic acids is 1. The van der Waals surface area contributed by atoms with Crippen LogP contribution in [0.5, 0.6) is 0 Å². The van der Waals surface area contributed by atoms with E-state index in [-0.39, 0.29) is 18.9 Å². The summed E-state index contributed by atoms with van der Waals surface area (Å²) < 4.78 is 4.91. The van der Waals surface area contributed by atoms with Crippen molar-refractivity contribution >= 4 is 12.1 Å². The second-order valence-corrected chi connectivity index (χ2v) is 6.98. The van der Waals surface area contributed by atoms with E-state index in [1.165, 1.54) is 0 Å². The number of hydrogen-bond donors (Lipinski definition) is 4. The van der Waals surface area contributed by atoms with Gasteiger partial charge in [0.15, 0.2) is 0 Å². The maximum absolute atomic E-state index is 11.6. The van der Waals surface area contributed by atoms with Crippen LogP contribution in [-0.4, -0.2) is 38.2 Å². The Morgan fingerprint density at radius 3 is 2.32 bits per heavy atom. The summed E-state index contributed by atoms with van der Waals surface area (Å²) in [5.74, 6) is -1.29. The largest absolute Gasteiger partial charge is 0.478 e. The summed E-state index contributed by atoms with van der Waals surface area (Å²) in [7, 11) is 0. The van der Waals surface area contributed by atoms with Crippen LogP contribution in [0.4, 0.5) is 4.79 Å². The number of amides is 1. The van der Waals surface area contributed by atoms with Gasteiger partial charge >= 0.3 is 12.1 Å². The number of aliphatic hydroxyl groups is 1. The molecule has 1 amide bonds. The summed E-state index contributed by atoms with van der Waals surface area (Å²) >= 11 is 0. The molecule has 8 nitrogen and oxygen atoms in total. The zero-order valence-corrected chi connectivity index (χ0v) is 16.7. The van der Waals surface area contributed by atoms with Crippen LogP contribution in [0.25, 0.3) is 0 Å². The second kappa shape index (κ2) is 11.1. The van der Waals surface area contributed by atoms with Gasteiger partial charge in [-0.1, -0.05) is 44.2 Å². The van der Waals surface area contributed by atoms with Crippen LogP contribution in [-0.2, 0) is 16.1 Å². The summed E-state index contributed by atoms with van der Waals surface area (Å²) in [6.45, 7) is 7.75. The molecule has 0 saturated heterocycles. The van der Waals surface area contributed by atoms with Gasteiger partial charge in [0.05, 0.1) is 5.69 Å². The number of aromatic nitrogens is 2. The first-order chi connectivity index (χ1) is 13.1. The second-order valence-electron chi connectivity index (χ2n) is 6.98. The number of benzene rings is 1. The zero-order valence-electron chi connectivity index (χ0n) is 16.7. The Balaban J connectivity index is 0.000000467. The Morgan fingerprint density at radius 2 is 1.89 bits per heavy atom. The number of carbonyl (C=O) groups is 2. The van der Waals surface area contributed by atoms with Gasteiger partial charge in [-0.2, -0.15) is 5.10 Å². The smallest absolute Gasteiger partial charge is 0.410 e. The topological polar surface area (TPSA) is 125 Å². The standard InChI is InChI=1S/C15H21NO5.C5H8N2/c1-11(2)8-9-15(20,13(17)18)16-14(19)21-10-12-6-4-3-5-7-12;1-4-3-5(2)7-6-4/h3-7,11,20H,8-10H2,1-2H3,(H,16,19)(H,17,18);3H,1-2H3,(H,6,7). The van der Waals surface area contributed by atoms with Crippen LogP contribution in [0.1, 0.15) is 43.6 Å². The monoisotopic (exact) mass is 391 g/mol. The molecule has 4 N–H and O–H groups in total. The Morgan fingerprint density at radius 1 is 1.25 bits per heavy atom. The number of carboxylic acids is 1. The van der Waals surface area contributed by atoms with E-state index in [0.29, 0.717) is 6.42 Å². The van der Waals surface area contributed by atoms with E-state index in [2.05, 4.69) is 10.2 Å². The normalized spacial score (nSPS) is 12.5. The van der Waals surface area contributed by atoms with Crippen molar-refractivity contribution in [3.63, 3.8) is 0 Å². The van der Waals surface area contributed by atoms with Gasteiger partial charge < -0.3 is 14.9 Å². The number of H-pyrrole nitrogens is 1. The highest BCUT2D eigenvalue weighted by Crippen LogP contribution is 2.15. The van der Waals surface area contributed by atoms with Crippen molar-refractivity contribution in [1.82, 2.24) is 15.5 Å². The van der Waals surface area contributed by atoms with Crippen molar-refractivity contribution in [2.24, 2.45) is 5.92 Å². The van der Waals surface area contributed by atoms with Gasteiger partial charge in [-0.3, -0.25) is 10.4 Å². The first-order valence-electron chi connectivity index (χ1n) is 9.05. The Kier molecular flexibility index (Phi) is 9.17. The average molecular weight is 391 g/mol. The van der Waals surface area contributed by atoms with Gasteiger partial charge in [0.25, 0.3) is 0 Å². The Labute approximate surface area is 164 Å². The molecular formula is C20H29N3O5. The molecule has 0 aliphatic heterocycles. The van der Waals surface area contributed by atoms with Gasteiger partial charge in [0.2, 0.25) is 5.72 Å². The van der Waals surface area contributed by atoms with Crippen molar-refractivity contribution in [2.75, 3.05) is 0 Å². The number of nitrogens with zero attached hydrogens (tertiary/aromatic N) is 1. The summed E-state index contributed by atoms with van der Waals surface area (Å²) in [4.78, 5) is 22.7. The molecule has 0 fully saturated rings. The number of carboxylic acid groups (broad SMARTS) is 1. The number of alkyl carbamates (subject to hydrolysis) is 1. The number of ether oxygens (including phenoxy) is 1. The predicted octanol–water partition coefficient (Wildman–Crippen LogP) is 3.15. The van der Waals surface area contributed by atoms with Crippen LogP contribution < -0.4 is 5.32 Å². The Bertz CT molecular complexity index is 729. The first-order valence-corrected chi connectivity index (χ1v) is 9.05. The minimum absolute atomic E-state index is 0.00650. The first kappa shape index (κ1) is 23.2. The zero-order chi connectivity index (χ0) is 21.2. The SMILES string of the molecule is CC(C)CCC(O)(NC(=O)OCc1ccccc1)C(=O)O.Cc1cc(C)[nH]n1. The molecule has 2 rings (SSSR count). The van der Waals surface area contributed by atoms with Crippen LogP contribution >= 0.6 is 0 Å². The quantitative estimate of drug-likeness (QED) is 0.538. The lowest BCUT2D eigenvalue weighted by Gasteiger charge is -2.25. The third kappa shape index (κ3) is 8.68. The summed E-state index contributed by atoms with van der Waals surface area (Å²) in [5, 5.41) is 27.8. The molecule has 1 unspecified atom stereocenters. The predicted molar refractivity (Wildman–Crippen MR) is 104 cm³/mol. The lowest BCUT2D eigenvalue weighted by atomic mass is 10.0. The Hall–Kier alpha value is -2.87. The fourth-order valence-corrected chi connectivity index (χ4v) is 2.20. The summed E-state index contributed by atoms with van der Waals surface area (Å²) in [6, 6.07) is 11.0. The molecule has 1 aromatic carbocycles. The van der Waals surface area contributed by atoms with E-state index in [9.17, 15) is 14.7 Å². The number of rotatable bonds is 7. The highest BCUT2D eigenvalue weighted by Gasteiger charge is 2.38. The molecule has 0 spiro atoms. The van der Waals surface area contributed by atoms with Gasteiger partial charge in [0, 0.05) is 12.1 Å². The van der Waals surface area contributed by atoms with Crippen molar-refractivity contribution in [1.29, 1.82) is 0 Å². The molecule has 0 saturated carbocycles. The van der Waals surface area contributed by atoms with E-state index < -0.39 is 17.8 Å². The van der Waals surface area contributed by atoms with Crippen molar-refractivity contribution in [2.45, 2.75) is 52.9 Å². The number of aryl methyl sites for hydroxylation is 2. The van der Waals surface area contributed by atoms with Crippen molar-refractivity contribution in [3.8, 4) is 0 Å². The molecule has 154 valence electrons. The van der Waals surface area contributed by atoms with E-state index >= 15 is 0 Å². The maximum atomic E-state index is 11.6. The molecule has 2 aromatic rings. The minimum atomic E-state index is -2.31. The van der Waals surface area contributed by atoms with Crippen molar-refractivity contribution in [3.05, 3.63) is 53.3 Å². The molecule has 28 heavy (non-hydrogen) atoms. The molecular weight excluding hydrogens is 362 g/mol. The van der Waals surface area contributed by atoms with Crippen LogP contribution in [0.2, 0.25) is 0 Å². The highest BCUT2D eigenvalue weighted by atomic mass is 16.6. The maximum Gasteiger partial charge on any atom is 0.410 e. The van der Waals surface area contributed by atoms with Gasteiger partial charge in [-0.25, -0.2) is 9.59 Å². The fraction of sp³-hybridized carbons (Fsp3) is 0.450. The molecule has 0 bridgehead atoms. The minimum Gasteiger partial charge on any atom is -0.478 e. The lowest BCUT2D eigenvalue weighted by molar-refractivity contribution is -0.162. The van der Waals surface area contributed by atoms with E-state index in [1.807, 2.05) is 45.1 Å². The third-order valence-corrected chi connectivity index (χ3v) is 3.79. The fourth-order valence-electron chi connectivity index (χ4n) is 2.20. The van der Waals surface area contributed by atoms with Crippen LogP contribution in [0.3, 0.4) is 0 Å². The molecule has 0 aliphatic carbocycles. The summed E-state index contributed by atoms with van der Waals surface area (Å²) in [5.41, 5.74) is 0.640. The van der Waals surface area contributed by atoms with Gasteiger partial charge in [0.1, 0.15) is 6.61 Å². The lowest BCUT2D eigenvalue weighted by Crippen LogP contribution is -2.54. The molecule has 0 aliphatic rings. The van der Waals surface area contributed by atoms with Gasteiger partial charge in [-0.15, -0.1) is 0 Å². The highest BCUT2D eigenvalue weighted by molar-refractivity contribution is 5.82. The van der Waals surface area contributed by atoms with Crippen LogP contribution in [0, 0.1) is 19.8 Å². The van der Waals surface area contributed by atoms with Crippen molar-refractivity contribution < 1.29 is 24.5 Å². The third-order valence-electron chi connectivity index (χ3n) is 3.79. The van der Waals surface area contributed by atoms with Crippen LogP contribution in [0.15, 0.2) is 36.4 Å². The molecule has 1 heterocycles. The summed E-state index contributed by atoms with van der Waals surface area (Å²) in [6.07, 6.45) is -0.588. The molecule has 0 radical (unpaired) electrons. The molecule has 1 aromatic heterocycles. The van der Waals surface area contributed by atoms with Gasteiger partial charge in [-0.05, 0) is 37.8 Å². The number of carbonyl (C=O) groups excluding carboxylic acids is 1.